The molecule has 3 nitrogen and oxygen atoms in total. The summed E-state index contributed by atoms with van der Waals surface area (Å²) in [4.78, 5) is 15.5. The lowest BCUT2D eigenvalue weighted by molar-refractivity contribution is -0.142. The molecule has 2 heterocycles. The molecule has 116 valence electrons. The van der Waals surface area contributed by atoms with Crippen LogP contribution in [0.15, 0.2) is 30.3 Å². The predicted octanol–water partition coefficient (Wildman–Crippen LogP) is 4.77. The molecule has 1 atom stereocenters. The number of benzene rings is 1. The van der Waals surface area contributed by atoms with E-state index in [9.17, 15) is 9.90 Å². The molecule has 1 aliphatic rings. The number of rotatable bonds is 4. The first kappa shape index (κ1) is 15.8. The zero-order valence-electron chi connectivity index (χ0n) is 11.8. The van der Waals surface area contributed by atoms with Crippen LogP contribution in [0.3, 0.4) is 0 Å². The quantitative estimate of drug-likeness (QED) is 0.858. The van der Waals surface area contributed by atoms with E-state index in [1.807, 2.05) is 23.1 Å². The summed E-state index contributed by atoms with van der Waals surface area (Å²) in [5.41, 5.74) is 1.03. The molecule has 1 N–H and O–H groups in total. The number of hydrogen-bond donors (Lipinski definition) is 1. The smallest absolute Gasteiger partial charge is 0.320 e. The standard InChI is InChI=1S/C16H15Cl2NO2S/c17-12-5-3-10(8-13(12)18)15-6-4-11(22-15)9-19-7-1-2-14(19)16(20)21/h3-6,8,14H,1-2,7,9H2,(H,20,21)/t14-/m1/s1. The molecule has 0 saturated carbocycles. The zero-order chi connectivity index (χ0) is 15.7. The second-order valence-electron chi connectivity index (χ2n) is 5.36. The van der Waals surface area contributed by atoms with Crippen LogP contribution in [-0.4, -0.2) is 28.6 Å². The van der Waals surface area contributed by atoms with Gasteiger partial charge in [-0.1, -0.05) is 29.3 Å². The number of carbonyl (C=O) groups is 1. The first-order chi connectivity index (χ1) is 10.5. The third-order valence-corrected chi connectivity index (χ3v) is 5.73. The van der Waals surface area contributed by atoms with Crippen molar-refractivity contribution in [2.75, 3.05) is 6.54 Å². The average Bonchev–Trinajstić information content (AvgIpc) is 3.11. The number of carboxylic acids is 1. The summed E-state index contributed by atoms with van der Waals surface area (Å²) in [6.07, 6.45) is 1.68. The van der Waals surface area contributed by atoms with Crippen molar-refractivity contribution in [2.45, 2.75) is 25.4 Å². The predicted molar refractivity (Wildman–Crippen MR) is 90.8 cm³/mol. The maximum Gasteiger partial charge on any atom is 0.320 e. The van der Waals surface area contributed by atoms with Gasteiger partial charge in [0, 0.05) is 16.3 Å². The number of halogens is 2. The third-order valence-electron chi connectivity index (χ3n) is 3.87. The van der Waals surface area contributed by atoms with Crippen LogP contribution in [0, 0.1) is 0 Å². The van der Waals surface area contributed by atoms with Crippen molar-refractivity contribution in [3.8, 4) is 10.4 Å². The van der Waals surface area contributed by atoms with Crippen LogP contribution in [0.4, 0.5) is 0 Å². The van der Waals surface area contributed by atoms with Crippen molar-refractivity contribution in [1.82, 2.24) is 4.90 Å². The minimum Gasteiger partial charge on any atom is -0.480 e. The number of aliphatic carboxylic acids is 1. The normalized spacial score (nSPS) is 18.7. The molecule has 0 aliphatic carbocycles. The molecule has 0 amide bonds. The SMILES string of the molecule is O=C(O)[C@H]1CCCN1Cc1ccc(-c2ccc(Cl)c(Cl)c2)s1. The van der Waals surface area contributed by atoms with Gasteiger partial charge in [-0.25, -0.2) is 0 Å². The van der Waals surface area contributed by atoms with Crippen molar-refractivity contribution >= 4 is 40.5 Å². The molecule has 2 aromatic rings. The van der Waals surface area contributed by atoms with Gasteiger partial charge in [0.05, 0.1) is 10.0 Å². The van der Waals surface area contributed by atoms with Crippen LogP contribution in [0.1, 0.15) is 17.7 Å². The number of thiophene rings is 1. The Bertz CT molecular complexity index is 701. The maximum atomic E-state index is 11.2. The highest BCUT2D eigenvalue weighted by Crippen LogP contribution is 2.33. The van der Waals surface area contributed by atoms with Gasteiger partial charge in [0.1, 0.15) is 6.04 Å². The topological polar surface area (TPSA) is 40.5 Å². The van der Waals surface area contributed by atoms with Crippen LogP contribution in [0.2, 0.25) is 10.0 Å². The highest BCUT2D eigenvalue weighted by molar-refractivity contribution is 7.15. The van der Waals surface area contributed by atoms with Crippen LogP contribution in [0.5, 0.6) is 0 Å². The van der Waals surface area contributed by atoms with E-state index in [0.717, 1.165) is 34.7 Å². The lowest BCUT2D eigenvalue weighted by Crippen LogP contribution is -2.35. The summed E-state index contributed by atoms with van der Waals surface area (Å²) in [6.45, 7) is 1.53. The molecule has 1 aromatic carbocycles. The first-order valence-corrected chi connectivity index (χ1v) is 8.63. The fourth-order valence-electron chi connectivity index (χ4n) is 2.76. The lowest BCUT2D eigenvalue weighted by atomic mass is 10.2. The van der Waals surface area contributed by atoms with Gasteiger partial charge in [-0.05, 0) is 49.2 Å². The Labute approximate surface area is 143 Å². The zero-order valence-corrected chi connectivity index (χ0v) is 14.1. The van der Waals surface area contributed by atoms with Gasteiger partial charge in [-0.3, -0.25) is 9.69 Å². The number of likely N-dealkylation sites (tertiary alicyclic amines) is 1. The minimum absolute atomic E-state index is 0.351. The Morgan fingerprint density at radius 2 is 2.09 bits per heavy atom. The van der Waals surface area contributed by atoms with Crippen molar-refractivity contribution < 1.29 is 9.90 Å². The van der Waals surface area contributed by atoms with Gasteiger partial charge in [-0.2, -0.15) is 0 Å². The summed E-state index contributed by atoms with van der Waals surface area (Å²) in [5, 5.41) is 10.3. The van der Waals surface area contributed by atoms with Gasteiger partial charge < -0.3 is 5.11 Å². The van der Waals surface area contributed by atoms with E-state index in [-0.39, 0.29) is 6.04 Å². The van der Waals surface area contributed by atoms with Gasteiger partial charge in [0.25, 0.3) is 0 Å². The first-order valence-electron chi connectivity index (χ1n) is 7.05. The molecule has 0 unspecified atom stereocenters. The fraction of sp³-hybridized carbons (Fsp3) is 0.312. The Balaban J connectivity index is 1.76. The van der Waals surface area contributed by atoms with Crippen molar-refractivity contribution in [2.24, 2.45) is 0 Å². The van der Waals surface area contributed by atoms with E-state index in [1.54, 1.807) is 17.4 Å². The van der Waals surface area contributed by atoms with Gasteiger partial charge in [-0.15, -0.1) is 11.3 Å². The Kier molecular flexibility index (Phi) is 4.73. The summed E-state index contributed by atoms with van der Waals surface area (Å²) >= 11 is 13.7. The molecular formula is C16H15Cl2NO2S. The average molecular weight is 356 g/mol. The Hall–Kier alpha value is -1.07. The van der Waals surface area contributed by atoms with Crippen LogP contribution >= 0.6 is 34.5 Å². The van der Waals surface area contributed by atoms with E-state index in [1.165, 1.54) is 0 Å². The molecule has 0 radical (unpaired) electrons. The highest BCUT2D eigenvalue weighted by Gasteiger charge is 2.30. The van der Waals surface area contributed by atoms with E-state index in [0.29, 0.717) is 16.6 Å². The second kappa shape index (κ2) is 6.59. The molecule has 1 fully saturated rings. The number of hydrogen-bond acceptors (Lipinski definition) is 3. The van der Waals surface area contributed by atoms with Crippen LogP contribution in [0.25, 0.3) is 10.4 Å². The van der Waals surface area contributed by atoms with Crippen LogP contribution < -0.4 is 0 Å². The Morgan fingerprint density at radius 3 is 2.82 bits per heavy atom. The monoisotopic (exact) mass is 355 g/mol. The summed E-state index contributed by atoms with van der Waals surface area (Å²) in [5.74, 6) is -0.723. The van der Waals surface area contributed by atoms with Crippen molar-refractivity contribution in [3.05, 3.63) is 45.3 Å². The molecule has 0 bridgehead atoms. The molecule has 3 rings (SSSR count). The lowest BCUT2D eigenvalue weighted by Gasteiger charge is -2.19. The molecule has 1 aromatic heterocycles. The molecule has 0 spiro atoms. The minimum atomic E-state index is -0.723. The summed E-state index contributed by atoms with van der Waals surface area (Å²) in [7, 11) is 0. The van der Waals surface area contributed by atoms with E-state index >= 15 is 0 Å². The van der Waals surface area contributed by atoms with Crippen molar-refractivity contribution in [1.29, 1.82) is 0 Å². The molecule has 6 heteroatoms. The molecule has 1 aliphatic heterocycles. The van der Waals surface area contributed by atoms with Gasteiger partial charge >= 0.3 is 5.97 Å². The highest BCUT2D eigenvalue weighted by atomic mass is 35.5. The van der Waals surface area contributed by atoms with Crippen molar-refractivity contribution in [3.63, 3.8) is 0 Å². The van der Waals surface area contributed by atoms with E-state index in [4.69, 9.17) is 23.2 Å². The maximum absolute atomic E-state index is 11.2. The third kappa shape index (κ3) is 3.30. The summed E-state index contributed by atoms with van der Waals surface area (Å²) in [6, 6.07) is 9.34. The van der Waals surface area contributed by atoms with E-state index < -0.39 is 5.97 Å². The van der Waals surface area contributed by atoms with Crippen LogP contribution in [-0.2, 0) is 11.3 Å². The number of carboxylic acid groups (broad SMARTS) is 1. The van der Waals surface area contributed by atoms with Gasteiger partial charge in [0.2, 0.25) is 0 Å². The fourth-order valence-corrected chi connectivity index (χ4v) is 4.09. The summed E-state index contributed by atoms with van der Waals surface area (Å²) < 4.78 is 0. The van der Waals surface area contributed by atoms with Gasteiger partial charge in [0.15, 0.2) is 0 Å². The number of nitrogens with zero attached hydrogens (tertiary/aromatic N) is 1. The Morgan fingerprint density at radius 1 is 1.27 bits per heavy atom. The molecular weight excluding hydrogens is 341 g/mol. The van der Waals surface area contributed by atoms with E-state index in [2.05, 4.69) is 6.07 Å². The largest absolute Gasteiger partial charge is 0.480 e. The second-order valence-corrected chi connectivity index (χ2v) is 7.34. The molecule has 1 saturated heterocycles. The molecule has 22 heavy (non-hydrogen) atoms.